The Labute approximate surface area is 219 Å². The fourth-order valence-electron chi connectivity index (χ4n) is 6.01. The van der Waals surface area contributed by atoms with Gasteiger partial charge in [-0.2, -0.15) is 0 Å². The Morgan fingerprint density at radius 3 is 2.77 bits per heavy atom. The number of carbonyl (C=O) groups excluding carboxylic acids is 3. The van der Waals surface area contributed by atoms with Crippen LogP contribution in [0.5, 0.6) is 0 Å². The Kier molecular flexibility index (Phi) is 7.42. The molecule has 4 rings (SSSR count). The molecule has 7 atom stereocenters. The third kappa shape index (κ3) is 4.03. The highest BCUT2D eigenvalue weighted by Crippen LogP contribution is 2.68. The Bertz CT molecular complexity index is 1050. The number of aryl methyl sites for hydroxylation is 2. The van der Waals surface area contributed by atoms with E-state index in [0.29, 0.717) is 6.42 Å². The number of ether oxygens (including phenoxy) is 1. The van der Waals surface area contributed by atoms with Crippen LogP contribution in [0.4, 0.5) is 5.69 Å². The van der Waals surface area contributed by atoms with Gasteiger partial charge in [-0.3, -0.25) is 14.4 Å². The Morgan fingerprint density at radius 1 is 1.43 bits per heavy atom. The number of halogens is 1. The van der Waals surface area contributed by atoms with Crippen LogP contribution in [-0.2, 0) is 19.1 Å². The topological polar surface area (TPSA) is 87.2 Å². The maximum absolute atomic E-state index is 14.5. The summed E-state index contributed by atoms with van der Waals surface area (Å²) in [5.41, 5.74) is 2.73. The van der Waals surface area contributed by atoms with Crippen LogP contribution in [0, 0.1) is 25.7 Å². The van der Waals surface area contributed by atoms with Crippen molar-refractivity contribution in [2.24, 2.45) is 11.8 Å². The molecule has 0 aliphatic carbocycles. The lowest BCUT2D eigenvalue weighted by molar-refractivity contribution is -0.154. The number of benzene rings is 1. The summed E-state index contributed by atoms with van der Waals surface area (Å²) in [4.78, 5) is 44.6. The highest BCUT2D eigenvalue weighted by Gasteiger charge is 2.76. The zero-order valence-corrected chi connectivity index (χ0v) is 23.0. The van der Waals surface area contributed by atoms with Crippen LogP contribution in [-0.4, -0.2) is 74.5 Å². The number of esters is 1. The maximum Gasteiger partial charge on any atom is 0.310 e. The maximum atomic E-state index is 14.5. The van der Waals surface area contributed by atoms with Crippen LogP contribution in [0.1, 0.15) is 31.4 Å². The Balaban J connectivity index is 1.84. The highest BCUT2D eigenvalue weighted by atomic mass is 79.9. The van der Waals surface area contributed by atoms with E-state index in [9.17, 15) is 19.5 Å². The number of amides is 2. The first-order valence-corrected chi connectivity index (χ1v) is 13.8. The fourth-order valence-corrected chi connectivity index (χ4v) is 9.59. The quantitative estimate of drug-likeness (QED) is 0.296. The second-order valence-electron chi connectivity index (χ2n) is 9.72. The molecule has 9 heteroatoms. The Hall–Kier alpha value is -1.84. The number of aliphatic hydroxyl groups is 1. The molecule has 190 valence electrons. The zero-order valence-electron chi connectivity index (χ0n) is 20.6. The molecule has 0 aromatic heterocycles. The first-order chi connectivity index (χ1) is 16.6. The summed E-state index contributed by atoms with van der Waals surface area (Å²) < 4.78 is 4.59. The van der Waals surface area contributed by atoms with Gasteiger partial charge in [-0.05, 0) is 51.3 Å². The first kappa shape index (κ1) is 26.2. The van der Waals surface area contributed by atoms with E-state index in [0.717, 1.165) is 16.8 Å². The molecular formula is C26H33BrN2O5S. The number of thioether (sulfide) groups is 1. The van der Waals surface area contributed by atoms with E-state index in [-0.39, 0.29) is 41.6 Å². The van der Waals surface area contributed by atoms with Gasteiger partial charge < -0.3 is 19.6 Å². The zero-order chi connectivity index (χ0) is 25.7. The molecule has 3 aliphatic heterocycles. The van der Waals surface area contributed by atoms with E-state index in [1.807, 2.05) is 32.0 Å². The molecule has 3 aliphatic rings. The average Bonchev–Trinajstić information content (AvgIpc) is 3.42. The van der Waals surface area contributed by atoms with Crippen LogP contribution in [0.15, 0.2) is 30.9 Å². The molecule has 0 radical (unpaired) electrons. The number of fused-ring (bicyclic) bond motifs is 1. The number of rotatable bonds is 8. The lowest BCUT2D eigenvalue weighted by atomic mass is 9.71. The summed E-state index contributed by atoms with van der Waals surface area (Å²) in [6.07, 6.45) is 2.26. The fraction of sp³-hybridized carbons (Fsp3) is 0.577. The number of hydrogen-bond donors (Lipinski definition) is 1. The van der Waals surface area contributed by atoms with Gasteiger partial charge in [0.25, 0.3) is 5.91 Å². The smallest absolute Gasteiger partial charge is 0.310 e. The summed E-state index contributed by atoms with van der Waals surface area (Å²) >= 11 is 5.31. The van der Waals surface area contributed by atoms with Crippen molar-refractivity contribution in [3.05, 3.63) is 42.0 Å². The lowest BCUT2D eigenvalue weighted by Gasteiger charge is -2.39. The van der Waals surface area contributed by atoms with E-state index in [1.165, 1.54) is 4.90 Å². The summed E-state index contributed by atoms with van der Waals surface area (Å²) in [5.74, 6) is -2.16. The van der Waals surface area contributed by atoms with Gasteiger partial charge in [0.15, 0.2) is 0 Å². The summed E-state index contributed by atoms with van der Waals surface area (Å²) in [5, 5.41) is 9.90. The monoisotopic (exact) mass is 564 g/mol. The Morgan fingerprint density at radius 2 is 2.14 bits per heavy atom. The van der Waals surface area contributed by atoms with Gasteiger partial charge in [0, 0.05) is 22.3 Å². The highest BCUT2D eigenvalue weighted by molar-refractivity contribution is 9.09. The van der Waals surface area contributed by atoms with Gasteiger partial charge in [-0.25, -0.2) is 0 Å². The second-order valence-corrected chi connectivity index (χ2v) is 12.4. The van der Waals surface area contributed by atoms with Crippen LogP contribution < -0.4 is 4.90 Å². The van der Waals surface area contributed by atoms with Crippen molar-refractivity contribution in [3.8, 4) is 0 Å². The predicted molar refractivity (Wildman–Crippen MR) is 141 cm³/mol. The molecule has 1 N–H and O–H groups in total. The first-order valence-electron chi connectivity index (χ1n) is 12.0. The number of anilines is 1. The van der Waals surface area contributed by atoms with E-state index < -0.39 is 34.6 Å². The van der Waals surface area contributed by atoms with Crippen molar-refractivity contribution in [1.29, 1.82) is 0 Å². The van der Waals surface area contributed by atoms with Crippen molar-refractivity contribution >= 4 is 51.2 Å². The molecule has 1 aromatic rings. The molecule has 7 nitrogen and oxygen atoms in total. The normalized spacial score (nSPS) is 31.9. The number of hydrogen-bond acceptors (Lipinski definition) is 6. The molecule has 1 aromatic carbocycles. The minimum atomic E-state index is -0.823. The van der Waals surface area contributed by atoms with E-state index >= 15 is 0 Å². The van der Waals surface area contributed by atoms with E-state index in [2.05, 4.69) is 22.5 Å². The third-order valence-corrected chi connectivity index (χ3v) is 10.7. The molecule has 2 bridgehead atoms. The minimum Gasteiger partial charge on any atom is -0.466 e. The van der Waals surface area contributed by atoms with Gasteiger partial charge in [0.1, 0.15) is 6.04 Å². The molecule has 3 fully saturated rings. The van der Waals surface area contributed by atoms with Gasteiger partial charge in [0.2, 0.25) is 5.91 Å². The number of alkyl halides is 1. The molecule has 3 saturated heterocycles. The third-order valence-electron chi connectivity index (χ3n) is 7.49. The van der Waals surface area contributed by atoms with Crippen molar-refractivity contribution in [3.63, 3.8) is 0 Å². The van der Waals surface area contributed by atoms with E-state index in [4.69, 9.17) is 4.74 Å². The van der Waals surface area contributed by atoms with Gasteiger partial charge in [0.05, 0.1) is 35.8 Å². The molecule has 35 heavy (non-hydrogen) atoms. The van der Waals surface area contributed by atoms with Crippen LogP contribution in [0.25, 0.3) is 0 Å². The molecule has 2 amide bonds. The van der Waals surface area contributed by atoms with Crippen molar-refractivity contribution in [2.75, 3.05) is 24.7 Å². The predicted octanol–water partition coefficient (Wildman–Crippen LogP) is 3.23. The van der Waals surface area contributed by atoms with Crippen molar-refractivity contribution in [1.82, 2.24) is 4.90 Å². The molecule has 1 spiro atoms. The lowest BCUT2D eigenvalue weighted by Crippen LogP contribution is -2.57. The SMILES string of the molecule is C=CCN(C(=O)C1N([C@H](C)CO)C(=O)[C@@H]2[C@H](C(=O)OCC)[C@H]3SC12CC3Br)c1cc(C)ccc1C. The van der Waals surface area contributed by atoms with E-state index in [1.54, 1.807) is 36.6 Å². The minimum absolute atomic E-state index is 0.0285. The summed E-state index contributed by atoms with van der Waals surface area (Å²) in [6, 6.07) is 4.55. The largest absolute Gasteiger partial charge is 0.466 e. The van der Waals surface area contributed by atoms with Crippen LogP contribution >= 0.6 is 27.7 Å². The standard InChI is InChI=1S/C26H33BrN2O5S/c1-6-10-28(18-11-14(3)8-9-15(18)4)24(32)22-26-12-17(27)21(35-26)19(25(33)34-7-2)20(26)23(31)29(22)16(5)13-30/h6,8-9,11,16-17,19-22,30H,1,7,10,12-13H2,2-5H3/t16-,17?,19+,20+,21+,22?,26?/m1/s1. The molecule has 3 heterocycles. The second kappa shape index (κ2) is 9.90. The van der Waals surface area contributed by atoms with Gasteiger partial charge >= 0.3 is 5.97 Å². The molecule has 3 unspecified atom stereocenters. The van der Waals surface area contributed by atoms with Crippen LogP contribution in [0.2, 0.25) is 0 Å². The number of aliphatic hydroxyl groups excluding tert-OH is 1. The van der Waals surface area contributed by atoms with Crippen molar-refractivity contribution < 1.29 is 24.2 Å². The summed E-state index contributed by atoms with van der Waals surface area (Å²) in [6.45, 7) is 11.5. The number of nitrogens with zero attached hydrogens (tertiary/aromatic N) is 2. The van der Waals surface area contributed by atoms with Gasteiger partial charge in [-0.15, -0.1) is 18.3 Å². The summed E-state index contributed by atoms with van der Waals surface area (Å²) in [7, 11) is 0. The van der Waals surface area contributed by atoms with Crippen molar-refractivity contribution in [2.45, 2.75) is 61.0 Å². The van der Waals surface area contributed by atoms with Gasteiger partial charge in [-0.1, -0.05) is 34.1 Å². The average molecular weight is 566 g/mol. The molecule has 0 saturated carbocycles. The number of likely N-dealkylation sites (tertiary alicyclic amines) is 1. The molecular weight excluding hydrogens is 532 g/mol. The van der Waals surface area contributed by atoms with Crippen LogP contribution in [0.3, 0.4) is 0 Å². The number of carbonyl (C=O) groups is 3.